The number of benzene rings is 1. The average molecular weight is 312 g/mol. The van der Waals surface area contributed by atoms with Gasteiger partial charge in [0.1, 0.15) is 17.6 Å². The van der Waals surface area contributed by atoms with E-state index in [-0.39, 0.29) is 5.56 Å². The summed E-state index contributed by atoms with van der Waals surface area (Å²) in [5, 5.41) is 16.5. The molecule has 23 heavy (non-hydrogen) atoms. The van der Waals surface area contributed by atoms with Gasteiger partial charge in [0.05, 0.1) is 12.7 Å². The molecule has 0 saturated heterocycles. The van der Waals surface area contributed by atoms with Crippen molar-refractivity contribution in [2.24, 2.45) is 0 Å². The molecule has 0 unspecified atom stereocenters. The van der Waals surface area contributed by atoms with E-state index < -0.39 is 5.97 Å². The van der Waals surface area contributed by atoms with E-state index in [1.165, 1.54) is 17.0 Å². The first-order valence-corrected chi connectivity index (χ1v) is 6.99. The van der Waals surface area contributed by atoms with Crippen LogP contribution in [0.4, 0.5) is 11.5 Å². The molecule has 0 fully saturated rings. The van der Waals surface area contributed by atoms with Crippen molar-refractivity contribution in [2.45, 2.75) is 13.8 Å². The molecule has 0 radical (unpaired) electrons. The Morgan fingerprint density at radius 2 is 2.13 bits per heavy atom. The molecule has 7 nitrogen and oxygen atoms in total. The second-order valence-corrected chi connectivity index (χ2v) is 5.18. The van der Waals surface area contributed by atoms with Crippen LogP contribution >= 0.6 is 0 Å². The van der Waals surface area contributed by atoms with Crippen molar-refractivity contribution in [2.75, 3.05) is 12.4 Å². The molecular weight excluding hydrogens is 296 g/mol. The number of nitrogens with one attached hydrogen (secondary N) is 1. The number of aromatic carboxylic acids is 1. The molecule has 0 bridgehead atoms. The molecule has 0 atom stereocenters. The minimum atomic E-state index is -0.990. The summed E-state index contributed by atoms with van der Waals surface area (Å²) in [6.07, 6.45) is 2.86. The number of carboxylic acid groups (broad SMARTS) is 1. The van der Waals surface area contributed by atoms with Gasteiger partial charge in [0, 0.05) is 18.0 Å². The lowest BCUT2D eigenvalue weighted by Gasteiger charge is -2.10. The number of hydrogen-bond donors (Lipinski definition) is 2. The largest absolute Gasteiger partial charge is 0.496 e. The molecular formula is C16H16N4O3. The fourth-order valence-electron chi connectivity index (χ4n) is 2.50. The van der Waals surface area contributed by atoms with Crippen LogP contribution in [0.3, 0.4) is 0 Å². The number of hydrogen-bond acceptors (Lipinski definition) is 5. The number of rotatable bonds is 4. The monoisotopic (exact) mass is 312 g/mol. The lowest BCUT2D eigenvalue weighted by Crippen LogP contribution is -2.00. The summed E-state index contributed by atoms with van der Waals surface area (Å²) < 4.78 is 6.83. The first-order valence-electron chi connectivity index (χ1n) is 6.99. The van der Waals surface area contributed by atoms with Gasteiger partial charge in [-0.3, -0.25) is 0 Å². The van der Waals surface area contributed by atoms with E-state index in [0.717, 1.165) is 17.0 Å². The van der Waals surface area contributed by atoms with E-state index in [1.54, 1.807) is 14.0 Å². The van der Waals surface area contributed by atoms with E-state index in [2.05, 4.69) is 15.4 Å². The van der Waals surface area contributed by atoms with E-state index in [9.17, 15) is 9.90 Å². The van der Waals surface area contributed by atoms with Gasteiger partial charge in [-0.05, 0) is 31.0 Å². The molecule has 3 aromatic rings. The molecule has 0 aliphatic rings. The molecule has 2 heterocycles. The van der Waals surface area contributed by atoms with Crippen molar-refractivity contribution < 1.29 is 14.6 Å². The number of ether oxygens (including phenoxy) is 1. The minimum Gasteiger partial charge on any atom is -0.496 e. The van der Waals surface area contributed by atoms with Crippen LogP contribution in [0.15, 0.2) is 30.7 Å². The highest BCUT2D eigenvalue weighted by molar-refractivity contribution is 5.94. The predicted octanol–water partition coefficient (Wildman–Crippen LogP) is 2.80. The van der Waals surface area contributed by atoms with Gasteiger partial charge in [-0.25, -0.2) is 14.3 Å². The zero-order valence-corrected chi connectivity index (χ0v) is 13.0. The molecule has 3 rings (SSSR count). The van der Waals surface area contributed by atoms with Gasteiger partial charge in [-0.15, -0.1) is 0 Å². The first kappa shape index (κ1) is 14.8. The summed E-state index contributed by atoms with van der Waals surface area (Å²) in [4.78, 5) is 15.5. The van der Waals surface area contributed by atoms with Crippen molar-refractivity contribution >= 4 is 23.0 Å². The lowest BCUT2D eigenvalue weighted by atomic mass is 10.2. The van der Waals surface area contributed by atoms with Gasteiger partial charge >= 0.3 is 5.97 Å². The van der Waals surface area contributed by atoms with Crippen LogP contribution in [0.1, 0.15) is 21.5 Å². The van der Waals surface area contributed by atoms with Crippen molar-refractivity contribution in [1.29, 1.82) is 0 Å². The first-order chi connectivity index (χ1) is 11.0. The predicted molar refractivity (Wildman–Crippen MR) is 85.7 cm³/mol. The Morgan fingerprint density at radius 1 is 1.35 bits per heavy atom. The summed E-state index contributed by atoms with van der Waals surface area (Å²) in [5.41, 5.74) is 3.27. The molecule has 1 aromatic carbocycles. The molecule has 2 N–H and O–H groups in total. The Hall–Kier alpha value is -3.09. The number of nitrogens with zero attached hydrogens (tertiary/aromatic N) is 3. The van der Waals surface area contributed by atoms with Crippen LogP contribution in [-0.4, -0.2) is 32.8 Å². The lowest BCUT2D eigenvalue weighted by molar-refractivity contribution is 0.0696. The second-order valence-electron chi connectivity index (χ2n) is 5.18. The van der Waals surface area contributed by atoms with Crippen molar-refractivity contribution in [1.82, 2.24) is 14.6 Å². The van der Waals surface area contributed by atoms with Gasteiger partial charge in [-0.1, -0.05) is 6.07 Å². The Labute approximate surface area is 132 Å². The normalized spacial score (nSPS) is 10.7. The molecule has 118 valence electrons. The fourth-order valence-corrected chi connectivity index (χ4v) is 2.50. The Bertz CT molecular complexity index is 902. The van der Waals surface area contributed by atoms with E-state index in [4.69, 9.17) is 4.74 Å². The topological polar surface area (TPSA) is 88.8 Å². The summed E-state index contributed by atoms with van der Waals surface area (Å²) in [6, 6.07) is 5.71. The molecule has 0 aliphatic heterocycles. The van der Waals surface area contributed by atoms with E-state index in [1.807, 2.05) is 25.1 Å². The highest BCUT2D eigenvalue weighted by Gasteiger charge is 2.17. The highest BCUT2D eigenvalue weighted by Crippen LogP contribution is 2.28. The van der Waals surface area contributed by atoms with Crippen LogP contribution in [0, 0.1) is 13.8 Å². The molecule has 7 heteroatoms. The maximum atomic E-state index is 11.3. The number of fused-ring (bicyclic) bond motifs is 1. The molecule has 0 saturated carbocycles. The molecule has 0 spiro atoms. The summed E-state index contributed by atoms with van der Waals surface area (Å²) in [5.74, 6) is 0.310. The number of anilines is 2. The van der Waals surface area contributed by atoms with Crippen LogP contribution in [0.2, 0.25) is 0 Å². The third kappa shape index (κ3) is 2.57. The Morgan fingerprint density at radius 3 is 2.83 bits per heavy atom. The second kappa shape index (κ2) is 5.60. The Balaban J connectivity index is 2.08. The van der Waals surface area contributed by atoms with Gasteiger partial charge in [-0.2, -0.15) is 5.10 Å². The van der Waals surface area contributed by atoms with Crippen LogP contribution in [0.5, 0.6) is 5.75 Å². The number of carboxylic acids is 1. The fraction of sp³-hybridized carbons (Fsp3) is 0.188. The third-order valence-electron chi connectivity index (χ3n) is 3.73. The van der Waals surface area contributed by atoms with Crippen LogP contribution in [0.25, 0.3) is 5.52 Å². The molecule has 2 aromatic heterocycles. The maximum absolute atomic E-state index is 11.3. The number of methoxy groups -OCH3 is 1. The average Bonchev–Trinajstić information content (AvgIpc) is 2.87. The zero-order chi connectivity index (χ0) is 16.6. The quantitative estimate of drug-likeness (QED) is 0.770. The van der Waals surface area contributed by atoms with Gasteiger partial charge in [0.15, 0.2) is 5.82 Å². The van der Waals surface area contributed by atoms with Crippen LogP contribution < -0.4 is 10.1 Å². The van der Waals surface area contributed by atoms with Crippen molar-refractivity contribution in [3.63, 3.8) is 0 Å². The van der Waals surface area contributed by atoms with Crippen molar-refractivity contribution in [3.8, 4) is 5.75 Å². The number of aromatic nitrogens is 3. The van der Waals surface area contributed by atoms with E-state index >= 15 is 0 Å². The van der Waals surface area contributed by atoms with Gasteiger partial charge in [0.2, 0.25) is 0 Å². The Kier molecular flexibility index (Phi) is 3.61. The molecule has 0 aliphatic carbocycles. The standard InChI is InChI=1S/C16H16N4O3/c1-9-4-5-11(6-13(9)23-3)19-15-14-10(2)12(16(21)22)7-20(14)18-8-17-15/h4-8H,1-3H3,(H,21,22)(H,17,18,19). The summed E-state index contributed by atoms with van der Waals surface area (Å²) in [6.45, 7) is 3.70. The van der Waals surface area contributed by atoms with E-state index in [0.29, 0.717) is 16.9 Å². The summed E-state index contributed by atoms with van der Waals surface area (Å²) >= 11 is 0. The SMILES string of the molecule is COc1cc(Nc2ncnn3cc(C(=O)O)c(C)c23)ccc1C. The number of aryl methyl sites for hydroxylation is 2. The van der Waals surface area contributed by atoms with Gasteiger partial charge in [0.25, 0.3) is 0 Å². The number of carbonyl (C=O) groups is 1. The van der Waals surface area contributed by atoms with Crippen LogP contribution in [-0.2, 0) is 0 Å². The minimum absolute atomic E-state index is 0.204. The molecule has 0 amide bonds. The summed E-state index contributed by atoms with van der Waals surface area (Å²) in [7, 11) is 1.62. The third-order valence-corrected chi connectivity index (χ3v) is 3.73. The smallest absolute Gasteiger partial charge is 0.337 e. The van der Waals surface area contributed by atoms with Crippen molar-refractivity contribution in [3.05, 3.63) is 47.4 Å². The maximum Gasteiger partial charge on any atom is 0.337 e. The van der Waals surface area contributed by atoms with Gasteiger partial charge < -0.3 is 15.2 Å². The highest BCUT2D eigenvalue weighted by atomic mass is 16.5. The zero-order valence-electron chi connectivity index (χ0n) is 13.0.